The number of hydrogen-bond acceptors (Lipinski definition) is 4. The summed E-state index contributed by atoms with van der Waals surface area (Å²) in [6.07, 6.45) is 0.961. The summed E-state index contributed by atoms with van der Waals surface area (Å²) in [4.78, 5) is 12.5. The molecule has 18 heavy (non-hydrogen) atoms. The van der Waals surface area contributed by atoms with Gasteiger partial charge in [0.1, 0.15) is 0 Å². The second kappa shape index (κ2) is 5.65. The van der Waals surface area contributed by atoms with E-state index in [1.807, 2.05) is 0 Å². The van der Waals surface area contributed by atoms with Gasteiger partial charge in [0, 0.05) is 36.9 Å². The van der Waals surface area contributed by atoms with Crippen LogP contribution in [0.2, 0.25) is 5.02 Å². The van der Waals surface area contributed by atoms with Crippen molar-refractivity contribution >= 4 is 17.3 Å². The van der Waals surface area contributed by atoms with Crippen LogP contribution in [0, 0.1) is 16.0 Å². The van der Waals surface area contributed by atoms with Gasteiger partial charge in [0.2, 0.25) is 0 Å². The molecule has 0 aliphatic carbocycles. The maximum atomic E-state index is 10.7. The zero-order valence-corrected chi connectivity index (χ0v) is 10.6. The van der Waals surface area contributed by atoms with Gasteiger partial charge in [-0.1, -0.05) is 11.6 Å². The highest BCUT2D eigenvalue weighted by Gasteiger charge is 2.22. The zero-order chi connectivity index (χ0) is 13.1. The Balaban J connectivity index is 2.09. The van der Waals surface area contributed by atoms with Crippen molar-refractivity contribution in [1.29, 1.82) is 0 Å². The SMILES string of the molecule is O=[N+]([O-])c1ccc(Cl)c(CN2CCC(CO)C2)c1. The van der Waals surface area contributed by atoms with Crippen molar-refractivity contribution in [3.63, 3.8) is 0 Å². The number of non-ortho nitro benzene ring substituents is 1. The summed E-state index contributed by atoms with van der Waals surface area (Å²) < 4.78 is 0. The van der Waals surface area contributed by atoms with Crippen LogP contribution in [0.1, 0.15) is 12.0 Å². The number of nitro groups is 1. The normalized spacial score (nSPS) is 20.2. The van der Waals surface area contributed by atoms with Gasteiger partial charge in [0.15, 0.2) is 0 Å². The monoisotopic (exact) mass is 270 g/mol. The minimum absolute atomic E-state index is 0.0623. The molecule has 0 aromatic heterocycles. The van der Waals surface area contributed by atoms with E-state index in [9.17, 15) is 10.1 Å². The van der Waals surface area contributed by atoms with Gasteiger partial charge in [-0.05, 0) is 30.5 Å². The molecule has 1 N–H and O–H groups in total. The lowest BCUT2D eigenvalue weighted by molar-refractivity contribution is -0.384. The van der Waals surface area contributed by atoms with Crippen molar-refractivity contribution in [3.8, 4) is 0 Å². The summed E-state index contributed by atoms with van der Waals surface area (Å²) in [6, 6.07) is 4.50. The van der Waals surface area contributed by atoms with Crippen LogP contribution in [0.5, 0.6) is 0 Å². The van der Waals surface area contributed by atoms with Gasteiger partial charge in [-0.15, -0.1) is 0 Å². The van der Waals surface area contributed by atoms with Crippen molar-refractivity contribution in [3.05, 3.63) is 38.9 Å². The Morgan fingerprint density at radius 3 is 2.94 bits per heavy atom. The summed E-state index contributed by atoms with van der Waals surface area (Å²) in [6.45, 7) is 2.50. The van der Waals surface area contributed by atoms with Crippen LogP contribution in [-0.2, 0) is 6.54 Å². The zero-order valence-electron chi connectivity index (χ0n) is 9.88. The van der Waals surface area contributed by atoms with E-state index in [0.717, 1.165) is 25.1 Å². The molecule has 2 rings (SSSR count). The molecule has 0 spiro atoms. The van der Waals surface area contributed by atoms with Gasteiger partial charge in [0.05, 0.1) is 4.92 Å². The van der Waals surface area contributed by atoms with E-state index in [-0.39, 0.29) is 12.3 Å². The third kappa shape index (κ3) is 2.98. The predicted molar refractivity (Wildman–Crippen MR) is 68.6 cm³/mol. The van der Waals surface area contributed by atoms with Gasteiger partial charge < -0.3 is 5.11 Å². The molecule has 1 saturated heterocycles. The number of rotatable bonds is 4. The summed E-state index contributed by atoms with van der Waals surface area (Å²) in [5.74, 6) is 0.308. The lowest BCUT2D eigenvalue weighted by atomic mass is 10.1. The average molecular weight is 271 g/mol. The molecule has 98 valence electrons. The smallest absolute Gasteiger partial charge is 0.269 e. The first-order valence-electron chi connectivity index (χ1n) is 5.86. The van der Waals surface area contributed by atoms with Gasteiger partial charge in [-0.2, -0.15) is 0 Å². The van der Waals surface area contributed by atoms with Crippen molar-refractivity contribution in [1.82, 2.24) is 4.90 Å². The van der Waals surface area contributed by atoms with Crippen molar-refractivity contribution in [2.75, 3.05) is 19.7 Å². The van der Waals surface area contributed by atoms with Gasteiger partial charge in [0.25, 0.3) is 5.69 Å². The molecule has 1 aromatic carbocycles. The molecular formula is C12H15ClN2O3. The van der Waals surface area contributed by atoms with E-state index in [4.69, 9.17) is 16.7 Å². The standard InChI is InChI=1S/C12H15ClN2O3/c13-12-2-1-11(15(17)18)5-10(12)7-14-4-3-9(6-14)8-16/h1-2,5,9,16H,3-4,6-8H2. The van der Waals surface area contributed by atoms with Crippen molar-refractivity contribution < 1.29 is 10.0 Å². The Hall–Kier alpha value is -1.17. The first kappa shape index (κ1) is 13.3. The molecule has 1 atom stereocenters. The molecule has 1 aliphatic rings. The summed E-state index contributed by atoms with van der Waals surface area (Å²) in [5, 5.41) is 20.3. The highest BCUT2D eigenvalue weighted by atomic mass is 35.5. The molecule has 0 saturated carbocycles. The molecule has 0 bridgehead atoms. The molecule has 1 unspecified atom stereocenters. The van der Waals surface area contributed by atoms with E-state index >= 15 is 0 Å². The van der Waals surface area contributed by atoms with Crippen LogP contribution in [-0.4, -0.2) is 34.6 Å². The number of nitrogens with zero attached hydrogens (tertiary/aromatic N) is 2. The van der Waals surface area contributed by atoms with Crippen LogP contribution in [0.4, 0.5) is 5.69 Å². The average Bonchev–Trinajstić information content (AvgIpc) is 2.79. The maximum Gasteiger partial charge on any atom is 0.269 e. The number of aliphatic hydroxyl groups excluding tert-OH is 1. The number of benzene rings is 1. The minimum atomic E-state index is -0.416. The molecule has 1 fully saturated rings. The van der Waals surface area contributed by atoms with E-state index in [1.54, 1.807) is 6.07 Å². The summed E-state index contributed by atoms with van der Waals surface area (Å²) in [7, 11) is 0. The van der Waals surface area contributed by atoms with Gasteiger partial charge in [-0.3, -0.25) is 15.0 Å². The third-order valence-corrected chi connectivity index (χ3v) is 3.63. The van der Waals surface area contributed by atoms with E-state index < -0.39 is 4.92 Å². The van der Waals surface area contributed by atoms with Crippen LogP contribution < -0.4 is 0 Å². The number of halogens is 1. The lowest BCUT2D eigenvalue weighted by Gasteiger charge is -2.16. The number of likely N-dealkylation sites (tertiary alicyclic amines) is 1. The molecule has 0 radical (unpaired) electrons. The Kier molecular flexibility index (Phi) is 4.16. The molecule has 5 nitrogen and oxygen atoms in total. The van der Waals surface area contributed by atoms with Gasteiger partial charge >= 0.3 is 0 Å². The van der Waals surface area contributed by atoms with E-state index in [0.29, 0.717) is 17.5 Å². The first-order valence-corrected chi connectivity index (χ1v) is 6.24. The summed E-state index contributed by atoms with van der Waals surface area (Å²) in [5.41, 5.74) is 0.830. The van der Waals surface area contributed by atoms with Crippen molar-refractivity contribution in [2.45, 2.75) is 13.0 Å². The Bertz CT molecular complexity index is 453. The Morgan fingerprint density at radius 1 is 1.56 bits per heavy atom. The van der Waals surface area contributed by atoms with Crippen molar-refractivity contribution in [2.24, 2.45) is 5.92 Å². The highest BCUT2D eigenvalue weighted by Crippen LogP contribution is 2.25. The number of aliphatic hydroxyl groups is 1. The van der Waals surface area contributed by atoms with Crippen LogP contribution >= 0.6 is 11.6 Å². The quantitative estimate of drug-likeness (QED) is 0.672. The van der Waals surface area contributed by atoms with Crippen LogP contribution in [0.15, 0.2) is 18.2 Å². The molecule has 1 heterocycles. The molecule has 1 aliphatic heterocycles. The predicted octanol–water partition coefficient (Wildman–Crippen LogP) is 2.06. The fourth-order valence-electron chi connectivity index (χ4n) is 2.24. The lowest BCUT2D eigenvalue weighted by Crippen LogP contribution is -2.21. The van der Waals surface area contributed by atoms with E-state index in [2.05, 4.69) is 4.90 Å². The van der Waals surface area contributed by atoms with Crippen LogP contribution in [0.3, 0.4) is 0 Å². The Labute approximate surface area is 110 Å². The molecular weight excluding hydrogens is 256 g/mol. The second-order valence-corrected chi connectivity index (χ2v) is 5.01. The molecule has 6 heteroatoms. The molecule has 1 aromatic rings. The van der Waals surface area contributed by atoms with E-state index in [1.165, 1.54) is 12.1 Å². The minimum Gasteiger partial charge on any atom is -0.396 e. The summed E-state index contributed by atoms with van der Waals surface area (Å²) >= 11 is 6.05. The largest absolute Gasteiger partial charge is 0.396 e. The first-order chi connectivity index (χ1) is 8.60. The number of nitro benzene ring substituents is 1. The number of hydrogen-bond donors (Lipinski definition) is 1. The highest BCUT2D eigenvalue weighted by molar-refractivity contribution is 6.31. The van der Waals surface area contributed by atoms with Crippen LogP contribution in [0.25, 0.3) is 0 Å². The Morgan fingerprint density at radius 2 is 2.33 bits per heavy atom. The van der Waals surface area contributed by atoms with Gasteiger partial charge in [-0.25, -0.2) is 0 Å². The second-order valence-electron chi connectivity index (χ2n) is 4.61. The topological polar surface area (TPSA) is 66.6 Å². The maximum absolute atomic E-state index is 10.7. The fourth-order valence-corrected chi connectivity index (χ4v) is 2.42. The fraction of sp³-hybridized carbons (Fsp3) is 0.500. The molecule has 0 amide bonds. The third-order valence-electron chi connectivity index (χ3n) is 3.26.